The molecule has 0 heterocycles. The molecule has 20 heavy (non-hydrogen) atoms. The van der Waals surface area contributed by atoms with Gasteiger partial charge < -0.3 is 5.32 Å². The van der Waals surface area contributed by atoms with Gasteiger partial charge in [0.25, 0.3) is 0 Å². The molecule has 3 atom stereocenters. The summed E-state index contributed by atoms with van der Waals surface area (Å²) in [5.41, 5.74) is 0.805. The Balaban J connectivity index is 1.59. The second kappa shape index (κ2) is 5.79. The lowest BCUT2D eigenvalue weighted by molar-refractivity contribution is -0.117. The van der Waals surface area contributed by atoms with Crippen molar-refractivity contribution in [1.29, 1.82) is 0 Å². The number of hydrogen-bond donors (Lipinski definition) is 1. The van der Waals surface area contributed by atoms with E-state index in [1.165, 1.54) is 19.3 Å². The van der Waals surface area contributed by atoms with Gasteiger partial charge in [0, 0.05) is 22.2 Å². The molecule has 2 aliphatic rings. The summed E-state index contributed by atoms with van der Waals surface area (Å²) in [7, 11) is 0. The number of benzene rings is 1. The van der Waals surface area contributed by atoms with Crippen LogP contribution in [0.4, 0.5) is 0 Å². The molecule has 2 bridgehead atoms. The summed E-state index contributed by atoms with van der Waals surface area (Å²) < 4.78 is 0. The van der Waals surface area contributed by atoms with E-state index in [-0.39, 0.29) is 5.91 Å². The number of fused-ring (bicyclic) bond motifs is 2. The quantitative estimate of drug-likeness (QED) is 0.828. The van der Waals surface area contributed by atoms with Crippen molar-refractivity contribution >= 4 is 35.2 Å². The van der Waals surface area contributed by atoms with Crippen molar-refractivity contribution in [2.45, 2.75) is 31.7 Å². The van der Waals surface area contributed by atoms with Gasteiger partial charge in [-0.3, -0.25) is 4.79 Å². The highest BCUT2D eigenvalue weighted by Crippen LogP contribution is 2.44. The maximum absolute atomic E-state index is 12.0. The van der Waals surface area contributed by atoms with Crippen LogP contribution in [0.2, 0.25) is 10.0 Å². The van der Waals surface area contributed by atoms with Crippen LogP contribution >= 0.6 is 23.2 Å². The van der Waals surface area contributed by atoms with Gasteiger partial charge in [-0.05, 0) is 54.9 Å². The van der Waals surface area contributed by atoms with E-state index < -0.39 is 0 Å². The predicted molar refractivity (Wildman–Crippen MR) is 82.9 cm³/mol. The lowest BCUT2D eigenvalue weighted by Crippen LogP contribution is -2.37. The molecule has 3 rings (SSSR count). The second-order valence-electron chi connectivity index (χ2n) is 5.79. The number of carbonyl (C=O) groups is 1. The molecule has 2 nitrogen and oxygen atoms in total. The van der Waals surface area contributed by atoms with E-state index in [1.54, 1.807) is 24.3 Å². The Morgan fingerprint density at radius 1 is 1.25 bits per heavy atom. The maximum atomic E-state index is 12.0. The highest BCUT2D eigenvalue weighted by molar-refractivity contribution is 6.35. The van der Waals surface area contributed by atoms with Crippen molar-refractivity contribution in [3.63, 3.8) is 0 Å². The Kier molecular flexibility index (Phi) is 4.04. The first-order valence-corrected chi connectivity index (χ1v) is 7.81. The summed E-state index contributed by atoms with van der Waals surface area (Å²) in [6.45, 7) is 0. The molecule has 1 N–H and O–H groups in total. The Hall–Kier alpha value is -0.990. The van der Waals surface area contributed by atoms with E-state index in [4.69, 9.17) is 23.2 Å². The van der Waals surface area contributed by atoms with Gasteiger partial charge in [-0.2, -0.15) is 0 Å². The van der Waals surface area contributed by atoms with E-state index in [0.717, 1.165) is 17.9 Å². The van der Waals surface area contributed by atoms with Gasteiger partial charge in [0.15, 0.2) is 0 Å². The lowest BCUT2D eigenvalue weighted by atomic mass is 9.95. The Morgan fingerprint density at radius 3 is 2.75 bits per heavy atom. The number of hydrogen-bond acceptors (Lipinski definition) is 1. The van der Waals surface area contributed by atoms with Crippen molar-refractivity contribution in [3.05, 3.63) is 39.9 Å². The first kappa shape index (κ1) is 14.0. The molecule has 2 saturated carbocycles. The fourth-order valence-corrected chi connectivity index (χ4v) is 3.93. The van der Waals surface area contributed by atoms with E-state index in [9.17, 15) is 4.79 Å². The van der Waals surface area contributed by atoms with Crippen LogP contribution in [-0.2, 0) is 4.79 Å². The van der Waals surface area contributed by atoms with Gasteiger partial charge in [0.1, 0.15) is 0 Å². The third kappa shape index (κ3) is 3.02. The normalized spacial score (nSPS) is 28.2. The van der Waals surface area contributed by atoms with E-state index in [0.29, 0.717) is 22.0 Å². The molecule has 106 valence electrons. The number of nitrogens with one attached hydrogen (secondary N) is 1. The third-order valence-electron chi connectivity index (χ3n) is 4.44. The van der Waals surface area contributed by atoms with Gasteiger partial charge in [0.05, 0.1) is 0 Å². The van der Waals surface area contributed by atoms with Crippen LogP contribution in [-0.4, -0.2) is 11.9 Å². The Labute approximate surface area is 129 Å². The number of halogens is 2. The molecular weight excluding hydrogens is 293 g/mol. The van der Waals surface area contributed by atoms with Crippen LogP contribution in [0.5, 0.6) is 0 Å². The van der Waals surface area contributed by atoms with Crippen molar-refractivity contribution in [2.24, 2.45) is 11.8 Å². The van der Waals surface area contributed by atoms with Crippen molar-refractivity contribution in [2.75, 3.05) is 0 Å². The molecule has 0 spiro atoms. The van der Waals surface area contributed by atoms with Gasteiger partial charge in [-0.15, -0.1) is 0 Å². The average molecular weight is 310 g/mol. The van der Waals surface area contributed by atoms with Gasteiger partial charge in [0.2, 0.25) is 5.91 Å². The molecule has 2 fully saturated rings. The summed E-state index contributed by atoms with van der Waals surface area (Å²) >= 11 is 11.9. The largest absolute Gasteiger partial charge is 0.350 e. The van der Waals surface area contributed by atoms with E-state index >= 15 is 0 Å². The van der Waals surface area contributed by atoms with Crippen LogP contribution in [0.15, 0.2) is 24.3 Å². The van der Waals surface area contributed by atoms with Crippen LogP contribution in [0.1, 0.15) is 31.2 Å². The maximum Gasteiger partial charge on any atom is 0.244 e. The monoisotopic (exact) mass is 309 g/mol. The second-order valence-corrected chi connectivity index (χ2v) is 6.63. The van der Waals surface area contributed by atoms with E-state index in [2.05, 4.69) is 5.32 Å². The molecular formula is C16H17Cl2NO. The fourth-order valence-electron chi connectivity index (χ4n) is 3.45. The number of amides is 1. The SMILES string of the molecule is O=C(/C=C/c1ccc(Cl)cc1Cl)N[C@@H]1C[C@@H]2CC[C@@H]1C2. The minimum atomic E-state index is -0.0337. The molecule has 4 heteroatoms. The molecule has 0 aromatic heterocycles. The Bertz CT molecular complexity index is 555. The number of carbonyl (C=O) groups excluding carboxylic acids is 1. The van der Waals surface area contributed by atoms with Crippen LogP contribution in [0.3, 0.4) is 0 Å². The van der Waals surface area contributed by atoms with Crippen molar-refractivity contribution in [1.82, 2.24) is 5.32 Å². The highest BCUT2D eigenvalue weighted by atomic mass is 35.5. The summed E-state index contributed by atoms with van der Waals surface area (Å²) in [5.74, 6) is 1.49. The standard InChI is InChI=1S/C16H17Cl2NO/c17-13-5-3-11(14(18)9-13)4-6-16(20)19-15-8-10-1-2-12(15)7-10/h3-6,9-10,12,15H,1-2,7-8H2,(H,19,20)/b6-4+/t10-,12-,15-/m1/s1. The fraction of sp³-hybridized carbons (Fsp3) is 0.438. The molecule has 0 unspecified atom stereocenters. The van der Waals surface area contributed by atoms with Crippen molar-refractivity contribution < 1.29 is 4.79 Å². The zero-order chi connectivity index (χ0) is 14.1. The first-order chi connectivity index (χ1) is 9.61. The smallest absolute Gasteiger partial charge is 0.244 e. The summed E-state index contributed by atoms with van der Waals surface area (Å²) in [4.78, 5) is 12.0. The third-order valence-corrected chi connectivity index (χ3v) is 5.00. The Morgan fingerprint density at radius 2 is 2.10 bits per heavy atom. The molecule has 0 aliphatic heterocycles. The first-order valence-electron chi connectivity index (χ1n) is 7.05. The molecule has 0 saturated heterocycles. The van der Waals surface area contributed by atoms with E-state index in [1.807, 2.05) is 6.07 Å². The number of rotatable bonds is 3. The van der Waals surface area contributed by atoms with Crippen LogP contribution in [0.25, 0.3) is 6.08 Å². The molecule has 2 aliphatic carbocycles. The molecule has 0 radical (unpaired) electrons. The van der Waals surface area contributed by atoms with Crippen LogP contribution in [0, 0.1) is 11.8 Å². The minimum absolute atomic E-state index is 0.0337. The zero-order valence-electron chi connectivity index (χ0n) is 11.1. The van der Waals surface area contributed by atoms with Gasteiger partial charge in [-0.1, -0.05) is 35.7 Å². The van der Waals surface area contributed by atoms with Gasteiger partial charge in [-0.25, -0.2) is 0 Å². The zero-order valence-corrected chi connectivity index (χ0v) is 12.6. The predicted octanol–water partition coefficient (Wildman–Crippen LogP) is 4.31. The van der Waals surface area contributed by atoms with Crippen molar-refractivity contribution in [3.8, 4) is 0 Å². The lowest BCUT2D eigenvalue weighted by Gasteiger charge is -2.22. The van der Waals surface area contributed by atoms with Crippen LogP contribution < -0.4 is 5.32 Å². The molecule has 1 amide bonds. The summed E-state index contributed by atoms with van der Waals surface area (Å²) in [5, 5.41) is 4.27. The minimum Gasteiger partial charge on any atom is -0.350 e. The average Bonchev–Trinajstić information content (AvgIpc) is 3.00. The summed E-state index contributed by atoms with van der Waals surface area (Å²) in [6, 6.07) is 5.62. The molecule has 1 aromatic rings. The highest BCUT2D eigenvalue weighted by Gasteiger charge is 2.39. The summed E-state index contributed by atoms with van der Waals surface area (Å²) in [6.07, 6.45) is 8.33. The molecule has 1 aromatic carbocycles. The topological polar surface area (TPSA) is 29.1 Å². The van der Waals surface area contributed by atoms with Gasteiger partial charge >= 0.3 is 0 Å².